The third kappa shape index (κ3) is 4.38. The predicted molar refractivity (Wildman–Crippen MR) is 85.0 cm³/mol. The first-order chi connectivity index (χ1) is 9.84. The van der Waals surface area contributed by atoms with E-state index in [1.165, 1.54) is 13.0 Å². The Bertz CT molecular complexity index is 581. The molecule has 0 N–H and O–H groups in total. The number of unbranched alkanes of at least 4 members (excludes halogenated alkanes) is 1. The van der Waals surface area contributed by atoms with Gasteiger partial charge in [0, 0.05) is 18.2 Å². The first kappa shape index (κ1) is 17.9. The summed E-state index contributed by atoms with van der Waals surface area (Å²) in [7, 11) is -3.56. The summed E-state index contributed by atoms with van der Waals surface area (Å²) in [5.41, 5.74) is 0.427. The number of hydrogen-bond donors (Lipinski definition) is 0. The second-order valence-corrected chi connectivity index (χ2v) is 7.20. The summed E-state index contributed by atoms with van der Waals surface area (Å²) >= 11 is 0. The van der Waals surface area contributed by atoms with Gasteiger partial charge in [0.2, 0.25) is 10.0 Å². The molecule has 0 fully saturated rings. The van der Waals surface area contributed by atoms with Crippen LogP contribution in [-0.2, 0) is 10.0 Å². The van der Waals surface area contributed by atoms with Gasteiger partial charge in [0.1, 0.15) is 0 Å². The third-order valence-electron chi connectivity index (χ3n) is 3.66. The van der Waals surface area contributed by atoms with Crippen molar-refractivity contribution < 1.29 is 13.2 Å². The molecule has 0 spiro atoms. The van der Waals surface area contributed by atoms with Crippen LogP contribution in [0.4, 0.5) is 0 Å². The van der Waals surface area contributed by atoms with Crippen molar-refractivity contribution >= 4 is 15.8 Å². The van der Waals surface area contributed by atoms with Gasteiger partial charge in [-0.1, -0.05) is 32.4 Å². The Kier molecular flexibility index (Phi) is 6.55. The minimum absolute atomic E-state index is 0.0532. The molecule has 118 valence electrons. The van der Waals surface area contributed by atoms with Crippen LogP contribution >= 0.6 is 0 Å². The van der Waals surface area contributed by atoms with Crippen LogP contribution in [0.1, 0.15) is 57.3 Å². The molecule has 0 aromatic heterocycles. The van der Waals surface area contributed by atoms with Gasteiger partial charge in [0.25, 0.3) is 0 Å². The number of Topliss-reactive ketones (excluding diaryl/α,β-unsaturated/α-hetero) is 1. The molecule has 0 aliphatic rings. The Labute approximate surface area is 128 Å². The fourth-order valence-electron chi connectivity index (χ4n) is 2.11. The Morgan fingerprint density at radius 2 is 1.95 bits per heavy atom. The summed E-state index contributed by atoms with van der Waals surface area (Å²) in [6.45, 7) is 7.89. The number of ketones is 1. The number of nitrogens with zero attached hydrogens (tertiary/aromatic N) is 1. The molecule has 0 radical (unpaired) electrons. The van der Waals surface area contributed by atoms with E-state index in [9.17, 15) is 13.2 Å². The fraction of sp³-hybridized carbons (Fsp3) is 0.562. The van der Waals surface area contributed by atoms with Crippen molar-refractivity contribution in [2.45, 2.75) is 57.9 Å². The van der Waals surface area contributed by atoms with E-state index in [1.54, 1.807) is 22.5 Å². The summed E-state index contributed by atoms with van der Waals surface area (Å²) in [5, 5.41) is 0. The van der Waals surface area contributed by atoms with Crippen LogP contribution in [-0.4, -0.2) is 31.1 Å². The first-order valence-corrected chi connectivity index (χ1v) is 8.91. The van der Waals surface area contributed by atoms with Crippen LogP contribution in [0.3, 0.4) is 0 Å². The molecule has 0 saturated carbocycles. The highest BCUT2D eigenvalue weighted by Crippen LogP contribution is 2.21. The second kappa shape index (κ2) is 7.71. The molecule has 0 amide bonds. The first-order valence-electron chi connectivity index (χ1n) is 7.47. The maximum Gasteiger partial charge on any atom is 0.243 e. The van der Waals surface area contributed by atoms with E-state index < -0.39 is 10.0 Å². The Morgan fingerprint density at radius 3 is 2.48 bits per heavy atom. The highest BCUT2D eigenvalue weighted by molar-refractivity contribution is 7.89. The van der Waals surface area contributed by atoms with Gasteiger partial charge >= 0.3 is 0 Å². The number of sulfonamides is 1. The summed E-state index contributed by atoms with van der Waals surface area (Å²) < 4.78 is 27.2. The molecule has 1 aromatic carbocycles. The number of rotatable bonds is 8. The number of benzene rings is 1. The lowest BCUT2D eigenvalue weighted by atomic mass is 10.2. The van der Waals surface area contributed by atoms with E-state index in [0.717, 1.165) is 19.3 Å². The van der Waals surface area contributed by atoms with E-state index in [-0.39, 0.29) is 16.7 Å². The van der Waals surface area contributed by atoms with E-state index in [1.807, 2.05) is 20.8 Å². The van der Waals surface area contributed by atoms with Crippen LogP contribution in [0.15, 0.2) is 29.2 Å². The molecule has 0 bridgehead atoms. The average Bonchev–Trinajstić information content (AvgIpc) is 2.47. The zero-order valence-electron chi connectivity index (χ0n) is 13.3. The molecule has 0 saturated heterocycles. The molecule has 1 unspecified atom stereocenters. The molecule has 21 heavy (non-hydrogen) atoms. The number of hydrogen-bond acceptors (Lipinski definition) is 3. The highest BCUT2D eigenvalue weighted by Gasteiger charge is 2.28. The monoisotopic (exact) mass is 311 g/mol. The maximum absolute atomic E-state index is 12.8. The van der Waals surface area contributed by atoms with Crippen LogP contribution in [0.25, 0.3) is 0 Å². The highest BCUT2D eigenvalue weighted by atomic mass is 32.2. The predicted octanol–water partition coefficient (Wildman–Crippen LogP) is 3.48. The van der Waals surface area contributed by atoms with E-state index in [0.29, 0.717) is 12.1 Å². The van der Waals surface area contributed by atoms with Crippen molar-refractivity contribution in [1.29, 1.82) is 0 Å². The van der Waals surface area contributed by atoms with Crippen molar-refractivity contribution in [2.75, 3.05) is 6.54 Å². The molecule has 4 nitrogen and oxygen atoms in total. The number of carbonyl (C=O) groups excluding carboxylic acids is 1. The summed E-state index contributed by atoms with van der Waals surface area (Å²) in [5.74, 6) is -0.129. The van der Waals surface area contributed by atoms with Crippen LogP contribution in [0.2, 0.25) is 0 Å². The molecule has 0 heterocycles. The SMILES string of the molecule is CCCCN(C(C)CC)S(=O)(=O)c1cccc(C(C)=O)c1. The van der Waals surface area contributed by atoms with Gasteiger partial charge < -0.3 is 0 Å². The van der Waals surface area contributed by atoms with Crippen molar-refractivity contribution in [3.63, 3.8) is 0 Å². The lowest BCUT2D eigenvalue weighted by Gasteiger charge is -2.27. The van der Waals surface area contributed by atoms with Gasteiger partial charge in [-0.15, -0.1) is 0 Å². The van der Waals surface area contributed by atoms with Crippen molar-refractivity contribution in [3.05, 3.63) is 29.8 Å². The minimum Gasteiger partial charge on any atom is -0.295 e. The standard InChI is InChI=1S/C16H25NO3S/c1-5-7-11-17(13(3)6-2)21(19,20)16-10-8-9-15(12-16)14(4)18/h8-10,12-13H,5-7,11H2,1-4H3. The average molecular weight is 311 g/mol. The zero-order valence-corrected chi connectivity index (χ0v) is 14.1. The van der Waals surface area contributed by atoms with Gasteiger partial charge in [-0.05, 0) is 38.8 Å². The quantitative estimate of drug-likeness (QED) is 0.691. The van der Waals surface area contributed by atoms with Gasteiger partial charge in [-0.3, -0.25) is 4.79 Å². The lowest BCUT2D eigenvalue weighted by Crippen LogP contribution is -2.39. The maximum atomic E-state index is 12.8. The molecule has 0 aliphatic heterocycles. The molecule has 1 aromatic rings. The Balaban J connectivity index is 3.21. The van der Waals surface area contributed by atoms with Crippen molar-refractivity contribution in [1.82, 2.24) is 4.31 Å². The summed E-state index contributed by atoms with van der Waals surface area (Å²) in [6.07, 6.45) is 2.53. The van der Waals surface area contributed by atoms with Gasteiger partial charge in [-0.2, -0.15) is 4.31 Å². The molecule has 5 heteroatoms. The lowest BCUT2D eigenvalue weighted by molar-refractivity contribution is 0.101. The third-order valence-corrected chi connectivity index (χ3v) is 5.67. The summed E-state index contributed by atoms with van der Waals surface area (Å²) in [6, 6.07) is 6.24. The number of carbonyl (C=O) groups is 1. The Morgan fingerprint density at radius 1 is 1.29 bits per heavy atom. The second-order valence-electron chi connectivity index (χ2n) is 5.31. The normalized spacial score (nSPS) is 13.4. The fourth-order valence-corrected chi connectivity index (χ4v) is 3.90. The Hall–Kier alpha value is -1.20. The van der Waals surface area contributed by atoms with Gasteiger partial charge in [0.05, 0.1) is 4.90 Å². The molecule has 0 aliphatic carbocycles. The van der Waals surface area contributed by atoms with Crippen LogP contribution < -0.4 is 0 Å². The minimum atomic E-state index is -3.56. The van der Waals surface area contributed by atoms with Crippen molar-refractivity contribution in [2.24, 2.45) is 0 Å². The van der Waals surface area contributed by atoms with E-state index in [2.05, 4.69) is 0 Å². The van der Waals surface area contributed by atoms with Gasteiger partial charge in [-0.25, -0.2) is 8.42 Å². The van der Waals surface area contributed by atoms with Crippen LogP contribution in [0.5, 0.6) is 0 Å². The summed E-state index contributed by atoms with van der Waals surface area (Å²) in [4.78, 5) is 11.6. The molecular weight excluding hydrogens is 286 g/mol. The largest absolute Gasteiger partial charge is 0.295 e. The van der Waals surface area contributed by atoms with Crippen molar-refractivity contribution in [3.8, 4) is 0 Å². The molecule has 1 rings (SSSR count). The smallest absolute Gasteiger partial charge is 0.243 e. The van der Waals surface area contributed by atoms with Gasteiger partial charge in [0.15, 0.2) is 5.78 Å². The molecular formula is C16H25NO3S. The van der Waals surface area contributed by atoms with Crippen LogP contribution in [0, 0.1) is 0 Å². The zero-order chi connectivity index (χ0) is 16.0. The topological polar surface area (TPSA) is 54.5 Å². The van der Waals surface area contributed by atoms with E-state index >= 15 is 0 Å². The molecule has 1 atom stereocenters. The van der Waals surface area contributed by atoms with E-state index in [4.69, 9.17) is 0 Å².